The van der Waals surface area contributed by atoms with E-state index in [-0.39, 0.29) is 11.1 Å². The maximum absolute atomic E-state index is 13.3. The van der Waals surface area contributed by atoms with E-state index >= 15 is 0 Å². The average Bonchev–Trinajstić information content (AvgIpc) is 3.03. The van der Waals surface area contributed by atoms with Gasteiger partial charge in [-0.15, -0.1) is 11.3 Å². The molecular weight excluding hydrogens is 384 g/mol. The number of carbonyl (C=O) groups is 1. The van der Waals surface area contributed by atoms with Crippen LogP contribution in [-0.2, 0) is 6.54 Å². The van der Waals surface area contributed by atoms with Crippen LogP contribution in [0, 0.1) is 20.8 Å². The van der Waals surface area contributed by atoms with Crippen molar-refractivity contribution < 1.29 is 9.90 Å². The Morgan fingerprint density at radius 1 is 1.07 bits per heavy atom. The van der Waals surface area contributed by atoms with Gasteiger partial charge in [0.25, 0.3) is 5.56 Å². The Morgan fingerprint density at radius 3 is 2.45 bits per heavy atom. The largest absolute Gasteiger partial charge is 0.545 e. The minimum atomic E-state index is -1.22. The number of aromatic carboxylic acids is 1. The SMILES string of the molecule is Cc1ccc(-c2c(C)sc3ncn(Cc4ccc(C(=O)[O-])cc4)c(=O)c23)cc1C. The van der Waals surface area contributed by atoms with Gasteiger partial charge in [0, 0.05) is 10.4 Å². The van der Waals surface area contributed by atoms with E-state index in [0.717, 1.165) is 26.4 Å². The van der Waals surface area contributed by atoms with Gasteiger partial charge in [-0.1, -0.05) is 42.5 Å². The summed E-state index contributed by atoms with van der Waals surface area (Å²) in [6.45, 7) is 6.46. The number of carboxylic acids is 1. The van der Waals surface area contributed by atoms with Gasteiger partial charge in [0.05, 0.1) is 24.2 Å². The maximum Gasteiger partial charge on any atom is 0.263 e. The van der Waals surface area contributed by atoms with Crippen molar-refractivity contribution in [3.8, 4) is 11.1 Å². The summed E-state index contributed by atoms with van der Waals surface area (Å²) < 4.78 is 1.56. The number of benzene rings is 2. The highest BCUT2D eigenvalue weighted by atomic mass is 32.1. The first kappa shape index (κ1) is 19.1. The second kappa shape index (κ2) is 7.29. The zero-order valence-electron chi connectivity index (χ0n) is 16.4. The minimum absolute atomic E-state index is 0.100. The Kier molecular flexibility index (Phi) is 4.80. The van der Waals surface area contributed by atoms with Crippen molar-refractivity contribution in [2.45, 2.75) is 27.3 Å². The molecule has 2 heterocycles. The lowest BCUT2D eigenvalue weighted by Crippen LogP contribution is -2.22. The van der Waals surface area contributed by atoms with Gasteiger partial charge in [-0.2, -0.15) is 0 Å². The summed E-state index contributed by atoms with van der Waals surface area (Å²) in [5.41, 5.74) is 5.17. The molecule has 0 radical (unpaired) electrons. The molecule has 4 aromatic rings. The standard InChI is InChI=1S/C23H20N2O3S/c1-13-4-7-18(10-14(13)2)19-15(3)29-21-20(19)22(26)25(12-24-21)11-16-5-8-17(9-6-16)23(27)28/h4-10,12H,11H2,1-3H3,(H,27,28)/p-1. The molecule has 0 N–H and O–H groups in total. The Bertz CT molecular complexity index is 1300. The second-order valence-electron chi connectivity index (χ2n) is 7.17. The first-order chi connectivity index (χ1) is 13.8. The van der Waals surface area contributed by atoms with Crippen molar-refractivity contribution in [1.82, 2.24) is 9.55 Å². The summed E-state index contributed by atoms with van der Waals surface area (Å²) in [4.78, 5) is 30.5. The Labute approximate surface area is 171 Å². The van der Waals surface area contributed by atoms with Crippen molar-refractivity contribution in [2.75, 3.05) is 0 Å². The fourth-order valence-corrected chi connectivity index (χ4v) is 4.44. The molecule has 0 bridgehead atoms. The van der Waals surface area contributed by atoms with E-state index in [9.17, 15) is 14.7 Å². The Hall–Kier alpha value is -3.25. The molecule has 0 amide bonds. The number of carboxylic acid groups (broad SMARTS) is 1. The molecule has 0 saturated carbocycles. The zero-order chi connectivity index (χ0) is 20.7. The lowest BCUT2D eigenvalue weighted by Gasteiger charge is -2.09. The van der Waals surface area contributed by atoms with Gasteiger partial charge in [0.15, 0.2) is 0 Å². The second-order valence-corrected chi connectivity index (χ2v) is 8.38. The number of carbonyl (C=O) groups excluding carboxylic acids is 1. The lowest BCUT2D eigenvalue weighted by molar-refractivity contribution is -0.255. The van der Waals surface area contributed by atoms with Gasteiger partial charge in [0.1, 0.15) is 4.83 Å². The summed E-state index contributed by atoms with van der Waals surface area (Å²) in [6.07, 6.45) is 1.55. The van der Waals surface area contributed by atoms with Crippen LogP contribution in [0.5, 0.6) is 0 Å². The summed E-state index contributed by atoms with van der Waals surface area (Å²) in [5.74, 6) is -1.22. The molecule has 0 saturated heterocycles. The molecule has 2 aromatic carbocycles. The van der Waals surface area contributed by atoms with Gasteiger partial charge in [-0.05, 0) is 48.6 Å². The van der Waals surface area contributed by atoms with Crippen LogP contribution in [0.3, 0.4) is 0 Å². The zero-order valence-corrected chi connectivity index (χ0v) is 17.2. The number of aryl methyl sites for hydroxylation is 3. The highest BCUT2D eigenvalue weighted by Crippen LogP contribution is 2.36. The number of hydrogen-bond acceptors (Lipinski definition) is 5. The minimum Gasteiger partial charge on any atom is -0.545 e. The van der Waals surface area contributed by atoms with Gasteiger partial charge in [-0.3, -0.25) is 9.36 Å². The van der Waals surface area contributed by atoms with Crippen LogP contribution in [0.25, 0.3) is 21.3 Å². The molecule has 0 aliphatic carbocycles. The third-order valence-electron chi connectivity index (χ3n) is 5.19. The monoisotopic (exact) mass is 403 g/mol. The first-order valence-corrected chi connectivity index (χ1v) is 10.0. The average molecular weight is 403 g/mol. The fraction of sp³-hybridized carbons (Fsp3) is 0.174. The third kappa shape index (κ3) is 3.47. The summed E-state index contributed by atoms with van der Waals surface area (Å²) >= 11 is 1.52. The first-order valence-electron chi connectivity index (χ1n) is 9.21. The molecule has 146 valence electrons. The number of nitrogens with zero attached hydrogens (tertiary/aromatic N) is 2. The van der Waals surface area contributed by atoms with Crippen molar-refractivity contribution in [3.63, 3.8) is 0 Å². The van der Waals surface area contributed by atoms with Gasteiger partial charge in [-0.25, -0.2) is 4.98 Å². The molecular formula is C23H19N2O3S-. The van der Waals surface area contributed by atoms with E-state index in [2.05, 4.69) is 31.0 Å². The molecule has 0 spiro atoms. The van der Waals surface area contributed by atoms with Crippen molar-refractivity contribution in [2.24, 2.45) is 0 Å². The van der Waals surface area contributed by atoms with E-state index < -0.39 is 5.97 Å². The molecule has 4 rings (SSSR count). The summed E-state index contributed by atoms with van der Waals surface area (Å²) in [6, 6.07) is 12.6. The predicted molar refractivity (Wildman–Crippen MR) is 113 cm³/mol. The van der Waals surface area contributed by atoms with E-state index in [4.69, 9.17) is 0 Å². The topological polar surface area (TPSA) is 75.0 Å². The molecule has 0 aliphatic heterocycles. The van der Waals surface area contributed by atoms with E-state index in [1.54, 1.807) is 23.0 Å². The van der Waals surface area contributed by atoms with Gasteiger partial charge in [0.2, 0.25) is 0 Å². The number of rotatable bonds is 4. The van der Waals surface area contributed by atoms with Crippen molar-refractivity contribution >= 4 is 27.5 Å². The third-order valence-corrected chi connectivity index (χ3v) is 6.21. The van der Waals surface area contributed by atoms with Crippen LogP contribution in [0.15, 0.2) is 53.6 Å². The quantitative estimate of drug-likeness (QED) is 0.523. The molecule has 0 fully saturated rings. The van der Waals surface area contributed by atoms with Crippen LogP contribution in [0.2, 0.25) is 0 Å². The number of hydrogen-bond donors (Lipinski definition) is 0. The van der Waals surface area contributed by atoms with Gasteiger partial charge < -0.3 is 9.90 Å². The van der Waals surface area contributed by atoms with Crippen LogP contribution in [0.4, 0.5) is 0 Å². The molecule has 5 nitrogen and oxygen atoms in total. The molecule has 0 unspecified atom stereocenters. The number of aromatic nitrogens is 2. The molecule has 0 atom stereocenters. The van der Waals surface area contributed by atoms with Crippen LogP contribution < -0.4 is 10.7 Å². The maximum atomic E-state index is 13.3. The van der Waals surface area contributed by atoms with Gasteiger partial charge >= 0.3 is 0 Å². The smallest absolute Gasteiger partial charge is 0.263 e. The number of thiophene rings is 1. The fourth-order valence-electron chi connectivity index (χ4n) is 3.44. The Morgan fingerprint density at radius 2 is 1.79 bits per heavy atom. The predicted octanol–water partition coefficient (Wildman–Crippen LogP) is 3.46. The van der Waals surface area contributed by atoms with E-state index in [1.165, 1.54) is 34.6 Å². The molecule has 6 heteroatoms. The van der Waals surface area contributed by atoms with Crippen LogP contribution >= 0.6 is 11.3 Å². The van der Waals surface area contributed by atoms with Crippen LogP contribution in [0.1, 0.15) is 31.9 Å². The Balaban J connectivity index is 1.81. The summed E-state index contributed by atoms with van der Waals surface area (Å²) in [5, 5.41) is 11.5. The lowest BCUT2D eigenvalue weighted by atomic mass is 9.99. The van der Waals surface area contributed by atoms with E-state index in [1.807, 2.05) is 13.0 Å². The van der Waals surface area contributed by atoms with Crippen molar-refractivity contribution in [1.29, 1.82) is 0 Å². The van der Waals surface area contributed by atoms with E-state index in [0.29, 0.717) is 11.9 Å². The number of fused-ring (bicyclic) bond motifs is 1. The molecule has 2 aromatic heterocycles. The molecule has 0 aliphatic rings. The van der Waals surface area contributed by atoms with Crippen LogP contribution in [-0.4, -0.2) is 15.5 Å². The summed E-state index contributed by atoms with van der Waals surface area (Å²) in [7, 11) is 0. The highest BCUT2D eigenvalue weighted by molar-refractivity contribution is 7.19. The highest BCUT2D eigenvalue weighted by Gasteiger charge is 2.17. The molecule has 29 heavy (non-hydrogen) atoms. The normalized spacial score (nSPS) is 11.1. The van der Waals surface area contributed by atoms with Crippen molar-refractivity contribution in [3.05, 3.63) is 86.3 Å².